The van der Waals surface area contributed by atoms with E-state index in [2.05, 4.69) is 9.46 Å². The summed E-state index contributed by atoms with van der Waals surface area (Å²) in [5.74, 6) is -0.588. The lowest BCUT2D eigenvalue weighted by Gasteiger charge is -2.18. The minimum Gasteiger partial charge on any atom is -0.465 e. The molecule has 1 heterocycles. The van der Waals surface area contributed by atoms with Crippen molar-refractivity contribution in [2.45, 2.75) is 17.2 Å². The minimum atomic E-state index is -3.80. The molecule has 0 radical (unpaired) electrons. The van der Waals surface area contributed by atoms with Crippen LogP contribution in [0.3, 0.4) is 0 Å². The normalized spacial score (nSPS) is 11.5. The van der Waals surface area contributed by atoms with Crippen LogP contribution >= 0.6 is 11.3 Å². The molecule has 0 bridgehead atoms. The molecule has 146 valence electrons. The van der Waals surface area contributed by atoms with Crippen molar-refractivity contribution in [3.63, 3.8) is 0 Å². The van der Waals surface area contributed by atoms with Crippen LogP contribution in [0.2, 0.25) is 0 Å². The number of carbonyl (C=O) groups is 1. The van der Waals surface area contributed by atoms with E-state index in [4.69, 9.17) is 0 Å². The fourth-order valence-corrected chi connectivity index (χ4v) is 5.44. The van der Waals surface area contributed by atoms with Crippen LogP contribution in [0.25, 0.3) is 0 Å². The molecule has 0 atom stereocenters. The van der Waals surface area contributed by atoms with E-state index in [0.29, 0.717) is 6.42 Å². The third-order valence-corrected chi connectivity index (χ3v) is 6.95. The average molecular weight is 416 g/mol. The van der Waals surface area contributed by atoms with Crippen molar-refractivity contribution >= 4 is 27.3 Å². The van der Waals surface area contributed by atoms with Crippen molar-refractivity contribution in [3.8, 4) is 0 Å². The van der Waals surface area contributed by atoms with Gasteiger partial charge in [-0.05, 0) is 29.0 Å². The highest BCUT2D eigenvalue weighted by atomic mass is 32.2. The number of hydrogen-bond donors (Lipinski definition) is 1. The van der Waals surface area contributed by atoms with Crippen LogP contribution in [-0.2, 0) is 14.8 Å². The molecule has 3 rings (SSSR count). The van der Waals surface area contributed by atoms with Crippen molar-refractivity contribution in [2.75, 3.05) is 13.7 Å². The SMILES string of the molecule is COC(=O)c1sccc1S(=O)(=O)NCCC(c1ccccc1)c1ccccc1. The fraction of sp³-hybridized carbons (Fsp3) is 0.190. The van der Waals surface area contributed by atoms with Crippen molar-refractivity contribution in [1.82, 2.24) is 4.72 Å². The van der Waals surface area contributed by atoms with Gasteiger partial charge in [0.2, 0.25) is 10.0 Å². The molecular weight excluding hydrogens is 394 g/mol. The first kappa shape index (κ1) is 20.3. The predicted molar refractivity (Wildman–Crippen MR) is 110 cm³/mol. The Kier molecular flexibility index (Phi) is 6.61. The smallest absolute Gasteiger partial charge is 0.349 e. The molecule has 0 amide bonds. The van der Waals surface area contributed by atoms with Gasteiger partial charge >= 0.3 is 5.97 Å². The second-order valence-electron chi connectivity index (χ2n) is 6.17. The lowest BCUT2D eigenvalue weighted by Crippen LogP contribution is -2.27. The molecule has 0 aliphatic carbocycles. The van der Waals surface area contributed by atoms with Crippen molar-refractivity contribution in [3.05, 3.63) is 88.1 Å². The molecule has 7 heteroatoms. The van der Waals surface area contributed by atoms with Crippen LogP contribution in [0, 0.1) is 0 Å². The van der Waals surface area contributed by atoms with E-state index < -0.39 is 16.0 Å². The van der Waals surface area contributed by atoms with Gasteiger partial charge in [0, 0.05) is 12.5 Å². The standard InChI is InChI=1S/C21H21NO4S2/c1-26-21(23)20-19(13-15-27-20)28(24,25)22-14-12-18(16-8-4-2-5-9-16)17-10-6-3-7-11-17/h2-11,13,15,18,22H,12,14H2,1H3. The van der Waals surface area contributed by atoms with E-state index in [9.17, 15) is 13.2 Å². The van der Waals surface area contributed by atoms with Crippen LogP contribution < -0.4 is 4.72 Å². The number of carbonyl (C=O) groups excluding carboxylic acids is 1. The maximum Gasteiger partial charge on any atom is 0.349 e. The number of nitrogens with one attached hydrogen (secondary N) is 1. The molecule has 5 nitrogen and oxygen atoms in total. The lowest BCUT2D eigenvalue weighted by molar-refractivity contribution is 0.0602. The van der Waals surface area contributed by atoms with Crippen molar-refractivity contribution in [2.24, 2.45) is 0 Å². The summed E-state index contributed by atoms with van der Waals surface area (Å²) in [4.78, 5) is 11.8. The highest BCUT2D eigenvalue weighted by molar-refractivity contribution is 7.89. The van der Waals surface area contributed by atoms with E-state index in [1.54, 1.807) is 5.38 Å². The summed E-state index contributed by atoms with van der Waals surface area (Å²) >= 11 is 1.05. The number of rotatable bonds is 8. The Balaban J connectivity index is 1.76. The Labute approximate surface area is 169 Å². The minimum absolute atomic E-state index is 0.0414. The van der Waals surface area contributed by atoms with E-state index in [1.807, 2.05) is 60.7 Å². The number of ether oxygens (including phenoxy) is 1. The first-order valence-electron chi connectivity index (χ1n) is 8.78. The first-order valence-corrected chi connectivity index (χ1v) is 11.1. The summed E-state index contributed by atoms with van der Waals surface area (Å²) in [6, 6.07) is 21.4. The maximum atomic E-state index is 12.7. The molecule has 28 heavy (non-hydrogen) atoms. The maximum absolute atomic E-state index is 12.7. The zero-order chi connectivity index (χ0) is 20.0. The predicted octanol–water partition coefficient (Wildman–Crippen LogP) is 4.04. The Morgan fingerprint density at radius 2 is 1.57 bits per heavy atom. The summed E-state index contributed by atoms with van der Waals surface area (Å²) in [5.41, 5.74) is 2.25. The van der Waals surface area contributed by atoms with Gasteiger partial charge in [-0.2, -0.15) is 0 Å². The van der Waals surface area contributed by atoms with E-state index in [-0.39, 0.29) is 22.2 Å². The van der Waals surface area contributed by atoms with Crippen LogP contribution in [0.5, 0.6) is 0 Å². The van der Waals surface area contributed by atoms with Gasteiger partial charge in [0.15, 0.2) is 0 Å². The summed E-state index contributed by atoms with van der Waals surface area (Å²) in [6.45, 7) is 0.243. The topological polar surface area (TPSA) is 72.5 Å². The van der Waals surface area contributed by atoms with Crippen LogP contribution in [0.1, 0.15) is 33.1 Å². The molecule has 0 saturated heterocycles. The Hall–Kier alpha value is -2.48. The van der Waals surface area contributed by atoms with Crippen molar-refractivity contribution in [1.29, 1.82) is 0 Å². The quantitative estimate of drug-likeness (QED) is 0.564. The highest BCUT2D eigenvalue weighted by Crippen LogP contribution is 2.28. The summed E-state index contributed by atoms with van der Waals surface area (Å²) in [7, 11) is -2.57. The molecule has 0 aliphatic heterocycles. The van der Waals surface area contributed by atoms with Gasteiger partial charge in [-0.25, -0.2) is 17.9 Å². The third kappa shape index (κ3) is 4.67. The highest BCUT2D eigenvalue weighted by Gasteiger charge is 2.25. The lowest BCUT2D eigenvalue weighted by atomic mass is 9.89. The largest absolute Gasteiger partial charge is 0.465 e. The molecule has 0 saturated carbocycles. The first-order chi connectivity index (χ1) is 13.5. The molecule has 0 unspecified atom stereocenters. The summed E-state index contributed by atoms with van der Waals surface area (Å²) < 4.78 is 32.6. The molecule has 1 aromatic heterocycles. The van der Waals surface area contributed by atoms with E-state index in [0.717, 1.165) is 22.5 Å². The van der Waals surface area contributed by atoms with Crippen molar-refractivity contribution < 1.29 is 17.9 Å². The van der Waals surface area contributed by atoms with E-state index in [1.165, 1.54) is 13.2 Å². The zero-order valence-electron chi connectivity index (χ0n) is 15.4. The number of methoxy groups -OCH3 is 1. The zero-order valence-corrected chi connectivity index (χ0v) is 17.0. The van der Waals surface area contributed by atoms with Gasteiger partial charge in [0.1, 0.15) is 9.77 Å². The Bertz CT molecular complexity index is 975. The summed E-state index contributed by atoms with van der Waals surface area (Å²) in [6.07, 6.45) is 0.588. The Morgan fingerprint density at radius 3 is 2.11 bits per heavy atom. The second kappa shape index (κ2) is 9.14. The van der Waals surface area contributed by atoms with Gasteiger partial charge in [-0.1, -0.05) is 60.7 Å². The number of thiophene rings is 1. The van der Waals surface area contributed by atoms with Crippen LogP contribution in [0.4, 0.5) is 0 Å². The number of sulfonamides is 1. The average Bonchev–Trinajstić information content (AvgIpc) is 3.23. The molecule has 3 aromatic rings. The van der Waals surface area contributed by atoms with Gasteiger partial charge in [0.25, 0.3) is 0 Å². The molecular formula is C21H21NO4S2. The number of hydrogen-bond acceptors (Lipinski definition) is 5. The van der Waals surface area contributed by atoms with Crippen LogP contribution in [-0.4, -0.2) is 28.0 Å². The molecule has 1 N–H and O–H groups in total. The van der Waals surface area contributed by atoms with Gasteiger partial charge in [-0.3, -0.25) is 0 Å². The summed E-state index contributed by atoms with van der Waals surface area (Å²) in [5, 5.41) is 1.57. The molecule has 0 aliphatic rings. The molecule has 2 aromatic carbocycles. The monoisotopic (exact) mass is 415 g/mol. The number of esters is 1. The molecule has 0 fully saturated rings. The van der Waals surface area contributed by atoms with Gasteiger partial charge in [0.05, 0.1) is 7.11 Å². The fourth-order valence-electron chi connectivity index (χ4n) is 3.06. The van der Waals surface area contributed by atoms with Gasteiger partial charge < -0.3 is 4.74 Å². The molecule has 0 spiro atoms. The van der Waals surface area contributed by atoms with E-state index >= 15 is 0 Å². The Morgan fingerprint density at radius 1 is 1.00 bits per heavy atom. The van der Waals surface area contributed by atoms with Gasteiger partial charge in [-0.15, -0.1) is 11.3 Å². The second-order valence-corrected chi connectivity index (χ2v) is 8.82. The van der Waals surface area contributed by atoms with Crippen LogP contribution in [0.15, 0.2) is 77.0 Å². The number of benzene rings is 2. The third-order valence-electron chi connectivity index (χ3n) is 4.42.